The number of pyridine rings is 1. The smallest absolute Gasteiger partial charge is 0.287 e. The molecule has 10 heteroatoms. The lowest BCUT2D eigenvalue weighted by molar-refractivity contribution is -0.164. The monoisotopic (exact) mass is 461 g/mol. The highest BCUT2D eigenvalue weighted by Gasteiger charge is 2.53. The maximum Gasteiger partial charge on any atom is 0.287 e. The Hall–Kier alpha value is -3.53. The number of benzene rings is 2. The number of amides is 1. The summed E-state index contributed by atoms with van der Waals surface area (Å²) in [5.41, 5.74) is -2.94. The molecule has 1 N–H and O–H groups in total. The number of halogens is 4. The van der Waals surface area contributed by atoms with E-state index in [9.17, 15) is 27.5 Å². The van der Waals surface area contributed by atoms with Crippen molar-refractivity contribution in [3.8, 4) is 17.0 Å². The van der Waals surface area contributed by atoms with Crippen LogP contribution in [0.15, 0.2) is 59.7 Å². The zero-order chi connectivity index (χ0) is 23.8. The van der Waals surface area contributed by atoms with E-state index in [0.717, 1.165) is 0 Å². The van der Waals surface area contributed by atoms with E-state index in [0.29, 0.717) is 34.5 Å². The predicted octanol–water partition coefficient (Wildman–Crippen LogP) is 4.72. The number of nitrogens with zero attached hydrogens (tertiary/aromatic N) is 3. The van der Waals surface area contributed by atoms with Gasteiger partial charge < -0.3 is 9.84 Å². The normalized spacial score (nSPS) is 18.3. The van der Waals surface area contributed by atoms with Gasteiger partial charge in [-0.3, -0.25) is 4.79 Å². The van der Waals surface area contributed by atoms with Crippen molar-refractivity contribution in [2.75, 3.05) is 6.61 Å². The maximum atomic E-state index is 13.7. The van der Waals surface area contributed by atoms with Crippen molar-refractivity contribution in [3.63, 3.8) is 0 Å². The van der Waals surface area contributed by atoms with Gasteiger partial charge in [0.15, 0.2) is 0 Å². The third-order valence-corrected chi connectivity index (χ3v) is 5.24. The molecule has 1 atom stereocenters. The average Bonchev–Trinajstić information content (AvgIpc) is 3.18. The van der Waals surface area contributed by atoms with Crippen LogP contribution in [-0.4, -0.2) is 51.9 Å². The van der Waals surface area contributed by atoms with E-state index in [-0.39, 0.29) is 10.6 Å². The van der Waals surface area contributed by atoms with E-state index in [1.54, 1.807) is 48.5 Å². The number of hydrogen-bond donors (Lipinski definition) is 1. The molecule has 0 bridgehead atoms. The van der Waals surface area contributed by atoms with Gasteiger partial charge in [-0.15, -0.1) is 0 Å². The Morgan fingerprint density at radius 2 is 1.85 bits per heavy atom. The molecule has 3 aromatic rings. The maximum absolute atomic E-state index is 13.7. The number of carbonyl (C=O) groups is 1. The Morgan fingerprint density at radius 1 is 1.15 bits per heavy atom. The minimum atomic E-state index is -3.51. The number of ether oxygens (including phenoxy) is 1. The Bertz CT molecular complexity index is 1220. The Labute approximate surface area is 186 Å². The summed E-state index contributed by atoms with van der Waals surface area (Å²) in [5.74, 6) is -0.509. The van der Waals surface area contributed by atoms with E-state index in [2.05, 4.69) is 10.1 Å². The topological polar surface area (TPSA) is 75.0 Å². The predicted molar refractivity (Wildman–Crippen MR) is 114 cm³/mol. The van der Waals surface area contributed by atoms with Crippen molar-refractivity contribution in [1.82, 2.24) is 9.99 Å². The van der Waals surface area contributed by atoms with Crippen LogP contribution in [0.5, 0.6) is 5.75 Å². The summed E-state index contributed by atoms with van der Waals surface area (Å²) in [6, 6.07) is 14.7. The van der Waals surface area contributed by atoms with Crippen LogP contribution in [0, 0.1) is 0 Å². The van der Waals surface area contributed by atoms with E-state index in [1.165, 1.54) is 6.07 Å². The van der Waals surface area contributed by atoms with Crippen LogP contribution in [0.4, 0.5) is 17.6 Å². The number of aliphatic hydroxyl groups is 1. The second kappa shape index (κ2) is 8.78. The standard InChI is InChI=1S/C23H19F4N3O3/c1-2-33-14-9-7-13(8-10-14)18-11-16(15-5-3-4-6-17(15)28-18)21(31)30-23(32,22(26)27)12-19(29-30)20(24)25/h3-11,20,22,32H,2,12H2,1H3. The molecule has 4 rings (SSSR count). The molecule has 1 unspecified atom stereocenters. The van der Waals surface area contributed by atoms with Gasteiger partial charge in [0.2, 0.25) is 5.72 Å². The molecule has 0 aliphatic carbocycles. The summed E-state index contributed by atoms with van der Waals surface area (Å²) in [7, 11) is 0. The van der Waals surface area contributed by atoms with Crippen LogP contribution in [0.25, 0.3) is 22.2 Å². The molecule has 0 fully saturated rings. The van der Waals surface area contributed by atoms with E-state index >= 15 is 0 Å². The molecule has 6 nitrogen and oxygen atoms in total. The van der Waals surface area contributed by atoms with Crippen molar-refractivity contribution in [2.24, 2.45) is 5.10 Å². The second-order valence-electron chi connectivity index (χ2n) is 7.39. The molecule has 1 aliphatic rings. The first kappa shape index (κ1) is 22.7. The number of carbonyl (C=O) groups excluding carboxylic acids is 1. The highest BCUT2D eigenvalue weighted by Crippen LogP contribution is 2.36. The highest BCUT2D eigenvalue weighted by atomic mass is 19.3. The molecule has 2 heterocycles. The van der Waals surface area contributed by atoms with Crippen LogP contribution < -0.4 is 4.74 Å². The molecule has 0 spiro atoms. The Balaban J connectivity index is 1.83. The molecule has 0 saturated heterocycles. The van der Waals surface area contributed by atoms with Gasteiger partial charge in [0.1, 0.15) is 11.5 Å². The lowest BCUT2D eigenvalue weighted by Gasteiger charge is -2.30. The third-order valence-electron chi connectivity index (χ3n) is 5.24. The molecule has 1 aromatic heterocycles. The summed E-state index contributed by atoms with van der Waals surface area (Å²) in [6.45, 7) is 2.33. The number of alkyl halides is 4. The molecule has 1 amide bonds. The first-order valence-electron chi connectivity index (χ1n) is 10.1. The van der Waals surface area contributed by atoms with Gasteiger partial charge in [0.05, 0.1) is 23.4 Å². The van der Waals surface area contributed by atoms with Crippen LogP contribution >= 0.6 is 0 Å². The van der Waals surface area contributed by atoms with E-state index in [1.807, 2.05) is 6.92 Å². The van der Waals surface area contributed by atoms with Crippen molar-refractivity contribution in [2.45, 2.75) is 31.9 Å². The Kier molecular flexibility index (Phi) is 6.03. The summed E-state index contributed by atoms with van der Waals surface area (Å²) >= 11 is 0. The highest BCUT2D eigenvalue weighted by molar-refractivity contribution is 6.08. The van der Waals surface area contributed by atoms with Gasteiger partial charge in [-0.2, -0.15) is 10.1 Å². The fourth-order valence-electron chi connectivity index (χ4n) is 3.61. The fourth-order valence-corrected chi connectivity index (χ4v) is 3.61. The summed E-state index contributed by atoms with van der Waals surface area (Å²) < 4.78 is 59.1. The van der Waals surface area contributed by atoms with Crippen molar-refractivity contribution < 1.29 is 32.2 Å². The largest absolute Gasteiger partial charge is 0.494 e. The van der Waals surface area contributed by atoms with Crippen LogP contribution in [-0.2, 0) is 0 Å². The van der Waals surface area contributed by atoms with Gasteiger partial charge in [0, 0.05) is 17.4 Å². The third kappa shape index (κ3) is 4.13. The molecular formula is C23H19F4N3O3. The van der Waals surface area contributed by atoms with Gasteiger partial charge in [-0.05, 0) is 43.3 Å². The average molecular weight is 461 g/mol. The van der Waals surface area contributed by atoms with Gasteiger partial charge in [-0.1, -0.05) is 18.2 Å². The van der Waals surface area contributed by atoms with Crippen molar-refractivity contribution in [1.29, 1.82) is 0 Å². The minimum absolute atomic E-state index is 0.0584. The SMILES string of the molecule is CCOc1ccc(-c2cc(C(=O)N3N=C(C(F)F)CC3(O)C(F)F)c3ccccc3n2)cc1. The molecule has 1 aliphatic heterocycles. The van der Waals surface area contributed by atoms with Gasteiger partial charge in [0.25, 0.3) is 18.8 Å². The molecular weight excluding hydrogens is 442 g/mol. The number of rotatable bonds is 6. The number of para-hydroxylation sites is 1. The fraction of sp³-hybridized carbons (Fsp3) is 0.261. The second-order valence-corrected chi connectivity index (χ2v) is 7.39. The summed E-state index contributed by atoms with van der Waals surface area (Å²) in [5, 5.41) is 14.1. The van der Waals surface area contributed by atoms with Gasteiger partial charge >= 0.3 is 0 Å². The number of hydrazone groups is 1. The lowest BCUT2D eigenvalue weighted by Crippen LogP contribution is -2.51. The van der Waals surface area contributed by atoms with E-state index < -0.39 is 36.6 Å². The molecule has 0 radical (unpaired) electrons. The van der Waals surface area contributed by atoms with Crippen LogP contribution in [0.1, 0.15) is 23.7 Å². The zero-order valence-corrected chi connectivity index (χ0v) is 17.4. The quantitative estimate of drug-likeness (QED) is 0.539. The zero-order valence-electron chi connectivity index (χ0n) is 17.4. The van der Waals surface area contributed by atoms with Crippen LogP contribution in [0.3, 0.4) is 0 Å². The van der Waals surface area contributed by atoms with E-state index in [4.69, 9.17) is 4.74 Å². The van der Waals surface area contributed by atoms with Crippen molar-refractivity contribution in [3.05, 3.63) is 60.2 Å². The number of aromatic nitrogens is 1. The van der Waals surface area contributed by atoms with Crippen molar-refractivity contribution >= 4 is 22.5 Å². The Morgan fingerprint density at radius 3 is 2.48 bits per heavy atom. The first-order chi connectivity index (χ1) is 15.7. The minimum Gasteiger partial charge on any atom is -0.494 e. The molecule has 172 valence electrons. The molecule has 2 aromatic carbocycles. The van der Waals surface area contributed by atoms with Crippen LogP contribution in [0.2, 0.25) is 0 Å². The molecule has 33 heavy (non-hydrogen) atoms. The number of fused-ring (bicyclic) bond motifs is 1. The molecule has 0 saturated carbocycles. The van der Waals surface area contributed by atoms with Gasteiger partial charge in [-0.25, -0.2) is 22.5 Å². The summed E-state index contributed by atoms with van der Waals surface area (Å²) in [6.07, 6.45) is -7.86. The first-order valence-corrected chi connectivity index (χ1v) is 10.1. The lowest BCUT2D eigenvalue weighted by atomic mass is 10.0. The summed E-state index contributed by atoms with van der Waals surface area (Å²) in [4.78, 5) is 17.8. The number of hydrogen-bond acceptors (Lipinski definition) is 5.